The molecule has 1 fully saturated rings. The zero-order valence-electron chi connectivity index (χ0n) is 14.9. The van der Waals surface area contributed by atoms with Crippen molar-refractivity contribution in [2.45, 2.75) is 0 Å². The number of amides is 1. The molecule has 0 saturated carbocycles. The van der Waals surface area contributed by atoms with Gasteiger partial charge in [0.25, 0.3) is 5.91 Å². The standard InChI is InChI=1S/C19H23N5O2/c1-26-17-5-3-2-4-16(17)23-8-10-24(11-9-23)19(25)14-12-15-18(22-13-14)21-7-6-20-15/h2-5,12-13,20H,6-11H2,1H3,(H,21,22). The highest BCUT2D eigenvalue weighted by Gasteiger charge is 2.24. The maximum atomic E-state index is 12.8. The number of pyridine rings is 1. The van der Waals surface area contributed by atoms with Gasteiger partial charge in [-0.15, -0.1) is 0 Å². The molecule has 1 saturated heterocycles. The van der Waals surface area contributed by atoms with E-state index in [1.807, 2.05) is 29.2 Å². The molecule has 3 heterocycles. The molecule has 2 aliphatic rings. The fraction of sp³-hybridized carbons (Fsp3) is 0.368. The van der Waals surface area contributed by atoms with Crippen LogP contribution in [0.15, 0.2) is 36.5 Å². The lowest BCUT2D eigenvalue weighted by Gasteiger charge is -2.36. The second kappa shape index (κ2) is 7.11. The van der Waals surface area contributed by atoms with E-state index in [9.17, 15) is 4.79 Å². The molecule has 0 atom stereocenters. The highest BCUT2D eigenvalue weighted by molar-refractivity contribution is 5.96. The van der Waals surface area contributed by atoms with Crippen LogP contribution in [0.1, 0.15) is 10.4 Å². The molecule has 0 unspecified atom stereocenters. The average Bonchev–Trinajstić information content (AvgIpc) is 2.73. The number of carbonyl (C=O) groups excluding carboxylic acids is 1. The summed E-state index contributed by atoms with van der Waals surface area (Å²) >= 11 is 0. The third kappa shape index (κ3) is 3.12. The number of fused-ring (bicyclic) bond motifs is 1. The monoisotopic (exact) mass is 353 g/mol. The van der Waals surface area contributed by atoms with Crippen molar-refractivity contribution in [1.82, 2.24) is 9.88 Å². The fourth-order valence-electron chi connectivity index (χ4n) is 3.46. The van der Waals surface area contributed by atoms with E-state index < -0.39 is 0 Å². The molecule has 26 heavy (non-hydrogen) atoms. The van der Waals surface area contributed by atoms with E-state index in [1.165, 1.54) is 0 Å². The summed E-state index contributed by atoms with van der Waals surface area (Å²) in [5, 5.41) is 6.51. The van der Waals surface area contributed by atoms with E-state index >= 15 is 0 Å². The highest BCUT2D eigenvalue weighted by atomic mass is 16.5. The smallest absolute Gasteiger partial charge is 0.255 e. The van der Waals surface area contributed by atoms with Crippen LogP contribution in [0.25, 0.3) is 0 Å². The van der Waals surface area contributed by atoms with Crippen LogP contribution in [0, 0.1) is 0 Å². The number of methoxy groups -OCH3 is 1. The molecule has 2 aliphatic heterocycles. The lowest BCUT2D eigenvalue weighted by Crippen LogP contribution is -2.49. The van der Waals surface area contributed by atoms with E-state index in [-0.39, 0.29) is 5.91 Å². The second-order valence-corrected chi connectivity index (χ2v) is 6.42. The Labute approximate surface area is 153 Å². The van der Waals surface area contributed by atoms with Gasteiger partial charge in [0.1, 0.15) is 11.6 Å². The number of para-hydroxylation sites is 2. The molecule has 0 aliphatic carbocycles. The Kier molecular flexibility index (Phi) is 4.51. The normalized spacial score (nSPS) is 16.3. The minimum atomic E-state index is 0.0346. The summed E-state index contributed by atoms with van der Waals surface area (Å²) in [6.07, 6.45) is 1.66. The molecule has 4 rings (SSSR count). The third-order valence-corrected chi connectivity index (χ3v) is 4.86. The van der Waals surface area contributed by atoms with Crippen molar-refractivity contribution in [2.75, 3.05) is 61.9 Å². The predicted octanol–water partition coefficient (Wildman–Crippen LogP) is 1.89. The summed E-state index contributed by atoms with van der Waals surface area (Å²) in [5.41, 5.74) is 2.60. The van der Waals surface area contributed by atoms with Gasteiger partial charge in [0, 0.05) is 45.5 Å². The van der Waals surface area contributed by atoms with E-state index in [2.05, 4.69) is 26.6 Å². The predicted molar refractivity (Wildman–Crippen MR) is 102 cm³/mol. The molecule has 0 radical (unpaired) electrons. The Morgan fingerprint density at radius 3 is 2.69 bits per heavy atom. The molecule has 1 aromatic heterocycles. The summed E-state index contributed by atoms with van der Waals surface area (Å²) < 4.78 is 5.45. The first-order valence-corrected chi connectivity index (χ1v) is 8.91. The number of benzene rings is 1. The molecule has 7 heteroatoms. The largest absolute Gasteiger partial charge is 0.495 e. The van der Waals surface area contributed by atoms with Gasteiger partial charge in [-0.05, 0) is 18.2 Å². The number of rotatable bonds is 3. The van der Waals surface area contributed by atoms with E-state index in [0.717, 1.165) is 49.1 Å². The average molecular weight is 353 g/mol. The summed E-state index contributed by atoms with van der Waals surface area (Å²) in [5.74, 6) is 1.71. The second-order valence-electron chi connectivity index (χ2n) is 6.42. The molecular weight excluding hydrogens is 330 g/mol. The summed E-state index contributed by atoms with van der Waals surface area (Å²) in [7, 11) is 1.69. The Bertz CT molecular complexity index is 802. The van der Waals surface area contributed by atoms with Crippen LogP contribution in [0.5, 0.6) is 5.75 Å². The Balaban J connectivity index is 1.44. The molecule has 2 N–H and O–H groups in total. The highest BCUT2D eigenvalue weighted by Crippen LogP contribution is 2.29. The van der Waals surface area contributed by atoms with E-state index in [1.54, 1.807) is 13.3 Å². The van der Waals surface area contributed by atoms with E-state index in [4.69, 9.17) is 4.74 Å². The van der Waals surface area contributed by atoms with Gasteiger partial charge in [-0.25, -0.2) is 4.98 Å². The van der Waals surface area contributed by atoms with Crippen molar-refractivity contribution in [1.29, 1.82) is 0 Å². The maximum absolute atomic E-state index is 12.8. The third-order valence-electron chi connectivity index (χ3n) is 4.86. The van der Waals surface area contributed by atoms with Crippen molar-refractivity contribution in [3.8, 4) is 5.75 Å². The first kappa shape index (κ1) is 16.5. The van der Waals surface area contributed by atoms with Gasteiger partial charge in [-0.2, -0.15) is 0 Å². The zero-order valence-corrected chi connectivity index (χ0v) is 14.9. The summed E-state index contributed by atoms with van der Waals surface area (Å²) in [4.78, 5) is 21.4. The summed E-state index contributed by atoms with van der Waals surface area (Å²) in [6, 6.07) is 9.89. The maximum Gasteiger partial charge on any atom is 0.255 e. The molecular formula is C19H23N5O2. The number of aromatic nitrogens is 1. The van der Waals surface area contributed by atoms with Crippen LogP contribution in [0.3, 0.4) is 0 Å². The Morgan fingerprint density at radius 2 is 1.88 bits per heavy atom. The number of carbonyl (C=O) groups is 1. The molecule has 2 aromatic rings. The SMILES string of the molecule is COc1ccccc1N1CCN(C(=O)c2cnc3c(c2)NCCN3)CC1. The van der Waals surface area contributed by atoms with Crippen LogP contribution in [0.2, 0.25) is 0 Å². The Hall–Kier alpha value is -2.96. The summed E-state index contributed by atoms with van der Waals surface area (Å²) in [6.45, 7) is 4.61. The molecule has 1 amide bonds. The molecule has 0 bridgehead atoms. The van der Waals surface area contributed by atoms with Crippen LogP contribution in [-0.4, -0.2) is 62.2 Å². The van der Waals surface area contributed by atoms with E-state index in [0.29, 0.717) is 18.7 Å². The van der Waals surface area contributed by atoms with Crippen LogP contribution < -0.4 is 20.3 Å². The topological polar surface area (TPSA) is 69.7 Å². The number of nitrogens with zero attached hydrogens (tertiary/aromatic N) is 3. The minimum absolute atomic E-state index is 0.0346. The fourth-order valence-corrected chi connectivity index (χ4v) is 3.46. The van der Waals surface area contributed by atoms with Crippen LogP contribution in [-0.2, 0) is 0 Å². The number of ether oxygens (including phenoxy) is 1. The van der Waals surface area contributed by atoms with Crippen molar-refractivity contribution >= 4 is 23.1 Å². The van der Waals surface area contributed by atoms with Gasteiger partial charge in [-0.3, -0.25) is 4.79 Å². The quantitative estimate of drug-likeness (QED) is 0.878. The van der Waals surface area contributed by atoms with Gasteiger partial charge in [0.05, 0.1) is 24.0 Å². The van der Waals surface area contributed by atoms with Crippen molar-refractivity contribution in [3.05, 3.63) is 42.1 Å². The number of anilines is 3. The minimum Gasteiger partial charge on any atom is -0.495 e. The zero-order chi connectivity index (χ0) is 17.9. The Morgan fingerprint density at radius 1 is 1.12 bits per heavy atom. The first-order valence-electron chi connectivity index (χ1n) is 8.91. The number of nitrogens with one attached hydrogen (secondary N) is 2. The van der Waals surface area contributed by atoms with Gasteiger partial charge in [0.15, 0.2) is 0 Å². The lowest BCUT2D eigenvalue weighted by molar-refractivity contribution is 0.0746. The number of piperazine rings is 1. The molecule has 7 nitrogen and oxygen atoms in total. The van der Waals surface area contributed by atoms with Crippen LogP contribution in [0.4, 0.5) is 17.2 Å². The number of hydrogen-bond acceptors (Lipinski definition) is 6. The van der Waals surface area contributed by atoms with Crippen molar-refractivity contribution in [2.24, 2.45) is 0 Å². The van der Waals surface area contributed by atoms with Crippen molar-refractivity contribution in [3.63, 3.8) is 0 Å². The van der Waals surface area contributed by atoms with Crippen LogP contribution >= 0.6 is 0 Å². The van der Waals surface area contributed by atoms with Crippen molar-refractivity contribution < 1.29 is 9.53 Å². The molecule has 136 valence electrons. The lowest BCUT2D eigenvalue weighted by atomic mass is 10.1. The number of hydrogen-bond donors (Lipinski definition) is 2. The molecule has 0 spiro atoms. The van der Waals surface area contributed by atoms with Gasteiger partial charge < -0.3 is 25.2 Å². The molecule has 1 aromatic carbocycles. The van der Waals surface area contributed by atoms with Gasteiger partial charge in [-0.1, -0.05) is 12.1 Å². The van der Waals surface area contributed by atoms with Gasteiger partial charge >= 0.3 is 0 Å². The van der Waals surface area contributed by atoms with Gasteiger partial charge in [0.2, 0.25) is 0 Å². The first-order chi connectivity index (χ1) is 12.8.